The Kier molecular flexibility index (Phi) is 4.64. The first kappa shape index (κ1) is 16.2. The molecule has 0 fully saturated rings. The number of carbonyl (C=O) groups is 1. The van der Waals surface area contributed by atoms with Crippen molar-refractivity contribution in [1.29, 1.82) is 0 Å². The molecule has 0 radical (unpaired) electrons. The highest BCUT2D eigenvalue weighted by Crippen LogP contribution is 2.26. The Morgan fingerprint density at radius 1 is 1.29 bits per heavy atom. The molecule has 2 N–H and O–H groups in total. The van der Waals surface area contributed by atoms with Crippen LogP contribution in [0.4, 0.5) is 17.5 Å². The van der Waals surface area contributed by atoms with Crippen molar-refractivity contribution >= 4 is 23.4 Å². The van der Waals surface area contributed by atoms with E-state index in [0.717, 1.165) is 24.9 Å². The fraction of sp³-hybridized carbons (Fsp3) is 0.389. The van der Waals surface area contributed by atoms with E-state index in [0.29, 0.717) is 24.5 Å². The summed E-state index contributed by atoms with van der Waals surface area (Å²) in [5.74, 6) is 0.697. The number of unbranched alkanes of at least 4 members (excludes halogenated alkanes) is 1. The molecule has 1 amide bonds. The van der Waals surface area contributed by atoms with Crippen molar-refractivity contribution in [3.05, 3.63) is 41.6 Å². The van der Waals surface area contributed by atoms with E-state index in [1.165, 1.54) is 11.8 Å². The Bertz CT molecular complexity index is 746. The summed E-state index contributed by atoms with van der Waals surface area (Å²) < 4.78 is 0. The summed E-state index contributed by atoms with van der Waals surface area (Å²) in [6, 6.07) is 8.22. The van der Waals surface area contributed by atoms with Crippen LogP contribution < -0.4 is 15.5 Å². The Morgan fingerprint density at radius 3 is 2.92 bits per heavy atom. The summed E-state index contributed by atoms with van der Waals surface area (Å²) in [7, 11) is 1.92. The second-order valence-electron chi connectivity index (χ2n) is 6.12. The van der Waals surface area contributed by atoms with Crippen molar-refractivity contribution in [2.75, 3.05) is 35.7 Å². The molecule has 1 aliphatic rings. The Balaban J connectivity index is 1.95. The number of anilines is 3. The molecule has 0 atom stereocenters. The topological polar surface area (TPSA) is 75.3 Å². The molecule has 2 heterocycles. The maximum atomic E-state index is 13.0. The van der Waals surface area contributed by atoms with Gasteiger partial charge in [0.25, 0.3) is 5.91 Å². The third-order valence-corrected chi connectivity index (χ3v) is 4.32. The van der Waals surface area contributed by atoms with E-state index in [1.807, 2.05) is 24.1 Å². The van der Waals surface area contributed by atoms with Gasteiger partial charge in [0.1, 0.15) is 11.4 Å². The lowest BCUT2D eigenvalue weighted by atomic mass is 10.1. The van der Waals surface area contributed by atoms with Crippen LogP contribution >= 0.6 is 0 Å². The van der Waals surface area contributed by atoms with Gasteiger partial charge in [0, 0.05) is 32.0 Å². The lowest BCUT2D eigenvalue weighted by Crippen LogP contribution is -2.33. The number of nitrogens with two attached hydrogens (primary N) is 1. The number of hydrogen-bond donors (Lipinski definition) is 1. The van der Waals surface area contributed by atoms with Crippen LogP contribution in [0, 0.1) is 0 Å². The summed E-state index contributed by atoms with van der Waals surface area (Å²) in [6.07, 6.45) is 4.86. The number of benzene rings is 1. The van der Waals surface area contributed by atoms with E-state index in [-0.39, 0.29) is 11.9 Å². The summed E-state index contributed by atoms with van der Waals surface area (Å²) >= 11 is 0. The summed E-state index contributed by atoms with van der Waals surface area (Å²) in [5.41, 5.74) is 8.35. The molecule has 0 bridgehead atoms. The molecular weight excluding hydrogens is 302 g/mol. The molecule has 2 aromatic rings. The maximum Gasteiger partial charge on any atom is 0.263 e. The number of nitrogen functional groups attached to an aromatic ring is 1. The third kappa shape index (κ3) is 3.18. The highest BCUT2D eigenvalue weighted by molar-refractivity contribution is 6.09. The quantitative estimate of drug-likeness (QED) is 0.935. The number of fused-ring (bicyclic) bond motifs is 1. The summed E-state index contributed by atoms with van der Waals surface area (Å²) in [6.45, 7) is 3.47. The minimum Gasteiger partial charge on any atom is -0.368 e. The SMILES string of the molecule is CCCCc1cccc(N2CCN(C)c3nc(N)ncc3C2=O)c1. The van der Waals surface area contributed by atoms with E-state index in [1.54, 1.807) is 4.90 Å². The number of amides is 1. The molecule has 3 rings (SSSR count). The standard InChI is InChI=1S/C18H23N5O/c1-3-4-6-13-7-5-8-14(11-13)23-10-9-22(2)16-15(17(23)24)12-20-18(19)21-16/h5,7-8,11-12H,3-4,6,9-10H2,1-2H3,(H2,19,20,21). The molecule has 0 unspecified atom stereocenters. The van der Waals surface area contributed by atoms with Gasteiger partial charge in [0.05, 0.1) is 0 Å². The van der Waals surface area contributed by atoms with Crippen LogP contribution in [0.1, 0.15) is 35.7 Å². The fourth-order valence-electron chi connectivity index (χ4n) is 2.94. The van der Waals surface area contributed by atoms with E-state index in [2.05, 4.69) is 29.0 Å². The van der Waals surface area contributed by atoms with Gasteiger partial charge < -0.3 is 15.5 Å². The van der Waals surface area contributed by atoms with Gasteiger partial charge >= 0.3 is 0 Å². The average molecular weight is 325 g/mol. The molecule has 1 aromatic carbocycles. The number of rotatable bonds is 4. The molecule has 0 saturated carbocycles. The Hall–Kier alpha value is -2.63. The van der Waals surface area contributed by atoms with Crippen molar-refractivity contribution in [3.63, 3.8) is 0 Å². The molecule has 0 spiro atoms. The second-order valence-corrected chi connectivity index (χ2v) is 6.12. The van der Waals surface area contributed by atoms with Crippen molar-refractivity contribution in [1.82, 2.24) is 9.97 Å². The number of nitrogens with zero attached hydrogens (tertiary/aromatic N) is 4. The number of aryl methyl sites for hydroxylation is 1. The second kappa shape index (κ2) is 6.86. The van der Waals surface area contributed by atoms with Crippen molar-refractivity contribution < 1.29 is 4.79 Å². The lowest BCUT2D eigenvalue weighted by Gasteiger charge is -2.21. The molecular formula is C18H23N5O. The highest BCUT2D eigenvalue weighted by atomic mass is 16.2. The van der Waals surface area contributed by atoms with Crippen LogP contribution in [0.5, 0.6) is 0 Å². The molecule has 6 nitrogen and oxygen atoms in total. The fourth-order valence-corrected chi connectivity index (χ4v) is 2.94. The predicted octanol–water partition coefficient (Wildman–Crippen LogP) is 2.50. The van der Waals surface area contributed by atoms with Crippen molar-refractivity contribution in [2.45, 2.75) is 26.2 Å². The monoisotopic (exact) mass is 325 g/mol. The number of likely N-dealkylation sites (N-methyl/N-ethyl adjacent to an activating group) is 1. The van der Waals surface area contributed by atoms with E-state index < -0.39 is 0 Å². The number of carbonyl (C=O) groups excluding carboxylic acids is 1. The first-order valence-corrected chi connectivity index (χ1v) is 8.34. The van der Waals surface area contributed by atoms with Gasteiger partial charge in [-0.1, -0.05) is 25.5 Å². The number of aromatic nitrogens is 2. The third-order valence-electron chi connectivity index (χ3n) is 4.32. The summed E-state index contributed by atoms with van der Waals surface area (Å²) in [4.78, 5) is 25.0. The van der Waals surface area contributed by atoms with Crippen molar-refractivity contribution in [3.8, 4) is 0 Å². The Morgan fingerprint density at radius 2 is 2.12 bits per heavy atom. The van der Waals surface area contributed by atoms with Gasteiger partial charge in [-0.05, 0) is 30.5 Å². The molecule has 1 aliphatic heterocycles. The van der Waals surface area contributed by atoms with E-state index in [9.17, 15) is 4.79 Å². The van der Waals surface area contributed by atoms with Crippen LogP contribution in [0.3, 0.4) is 0 Å². The van der Waals surface area contributed by atoms with Crippen LogP contribution in [0.2, 0.25) is 0 Å². The molecule has 0 aliphatic carbocycles. The molecule has 0 saturated heterocycles. The van der Waals surface area contributed by atoms with Crippen molar-refractivity contribution in [2.24, 2.45) is 0 Å². The van der Waals surface area contributed by atoms with Gasteiger partial charge in [0.2, 0.25) is 5.95 Å². The zero-order valence-electron chi connectivity index (χ0n) is 14.2. The van der Waals surface area contributed by atoms with Gasteiger partial charge in [-0.2, -0.15) is 4.98 Å². The van der Waals surface area contributed by atoms with E-state index in [4.69, 9.17) is 5.73 Å². The van der Waals surface area contributed by atoms with Gasteiger partial charge in [-0.3, -0.25) is 4.79 Å². The number of hydrogen-bond acceptors (Lipinski definition) is 5. The maximum absolute atomic E-state index is 13.0. The largest absolute Gasteiger partial charge is 0.368 e. The zero-order chi connectivity index (χ0) is 17.1. The van der Waals surface area contributed by atoms with Crippen LogP contribution in [-0.4, -0.2) is 36.0 Å². The average Bonchev–Trinajstić information content (AvgIpc) is 2.71. The smallest absolute Gasteiger partial charge is 0.263 e. The normalized spacial score (nSPS) is 14.5. The van der Waals surface area contributed by atoms with Gasteiger partial charge in [0.15, 0.2) is 0 Å². The minimum atomic E-state index is -0.0815. The predicted molar refractivity (Wildman–Crippen MR) is 96.4 cm³/mol. The van der Waals surface area contributed by atoms with Crippen LogP contribution in [0.25, 0.3) is 0 Å². The Labute approximate surface area is 142 Å². The minimum absolute atomic E-state index is 0.0815. The lowest BCUT2D eigenvalue weighted by molar-refractivity contribution is 0.0989. The van der Waals surface area contributed by atoms with Gasteiger partial charge in [-0.15, -0.1) is 0 Å². The molecule has 24 heavy (non-hydrogen) atoms. The first-order chi connectivity index (χ1) is 11.6. The van der Waals surface area contributed by atoms with Crippen LogP contribution in [0.15, 0.2) is 30.5 Å². The first-order valence-electron chi connectivity index (χ1n) is 8.34. The highest BCUT2D eigenvalue weighted by Gasteiger charge is 2.27. The summed E-state index contributed by atoms with van der Waals surface area (Å²) in [5, 5.41) is 0. The van der Waals surface area contributed by atoms with Crippen LogP contribution in [-0.2, 0) is 6.42 Å². The van der Waals surface area contributed by atoms with Gasteiger partial charge in [-0.25, -0.2) is 4.98 Å². The molecule has 126 valence electrons. The van der Waals surface area contributed by atoms with E-state index >= 15 is 0 Å². The zero-order valence-corrected chi connectivity index (χ0v) is 14.2. The molecule has 6 heteroatoms. The molecule has 1 aromatic heterocycles.